The standard InChI is InChI=1S/C19H22N2O4S/c1-14-4-6-16(7-5-14)8-9-26(23,24)21-12-18(13-21)25-17-10-15(2)20(3)19(22)11-17/h4-11,18H,12-13H2,1-3H3/b9-8+. The van der Waals surface area contributed by atoms with Crippen molar-refractivity contribution in [3.63, 3.8) is 0 Å². The van der Waals surface area contributed by atoms with Crippen LogP contribution in [-0.2, 0) is 17.1 Å². The van der Waals surface area contributed by atoms with Gasteiger partial charge in [-0.15, -0.1) is 0 Å². The minimum absolute atomic E-state index is 0.148. The number of aromatic nitrogens is 1. The average Bonchev–Trinajstić information content (AvgIpc) is 2.55. The van der Waals surface area contributed by atoms with Crippen molar-refractivity contribution < 1.29 is 13.2 Å². The number of pyridine rings is 1. The number of rotatable bonds is 5. The Balaban J connectivity index is 1.60. The molecule has 0 aliphatic carbocycles. The molecule has 1 fully saturated rings. The zero-order valence-corrected chi connectivity index (χ0v) is 15.9. The molecule has 26 heavy (non-hydrogen) atoms. The van der Waals surface area contributed by atoms with Crippen molar-refractivity contribution in [1.29, 1.82) is 0 Å². The fourth-order valence-electron chi connectivity index (χ4n) is 2.61. The van der Waals surface area contributed by atoms with Crippen LogP contribution in [0.2, 0.25) is 0 Å². The van der Waals surface area contributed by atoms with E-state index in [2.05, 4.69) is 0 Å². The van der Waals surface area contributed by atoms with E-state index in [4.69, 9.17) is 4.74 Å². The summed E-state index contributed by atoms with van der Waals surface area (Å²) in [5.74, 6) is 0.475. The molecule has 0 unspecified atom stereocenters. The third-order valence-electron chi connectivity index (χ3n) is 4.46. The van der Waals surface area contributed by atoms with Crippen LogP contribution in [0.3, 0.4) is 0 Å². The molecule has 138 valence electrons. The van der Waals surface area contributed by atoms with Crippen LogP contribution in [0.4, 0.5) is 0 Å². The van der Waals surface area contributed by atoms with Crippen molar-refractivity contribution in [2.75, 3.05) is 13.1 Å². The molecule has 1 aliphatic rings. The van der Waals surface area contributed by atoms with Gasteiger partial charge in [-0.3, -0.25) is 4.79 Å². The summed E-state index contributed by atoms with van der Waals surface area (Å²) >= 11 is 0. The Morgan fingerprint density at radius 2 is 1.77 bits per heavy atom. The molecule has 2 aromatic rings. The number of sulfonamides is 1. The van der Waals surface area contributed by atoms with E-state index in [1.807, 2.05) is 38.1 Å². The average molecular weight is 374 g/mol. The van der Waals surface area contributed by atoms with Gasteiger partial charge in [0.15, 0.2) is 0 Å². The Morgan fingerprint density at radius 3 is 2.38 bits per heavy atom. The fraction of sp³-hybridized carbons (Fsp3) is 0.316. The molecule has 1 aromatic carbocycles. The van der Waals surface area contributed by atoms with Gasteiger partial charge >= 0.3 is 0 Å². The lowest BCUT2D eigenvalue weighted by Crippen LogP contribution is -2.55. The molecular formula is C19H22N2O4S. The summed E-state index contributed by atoms with van der Waals surface area (Å²) in [7, 11) is -1.78. The number of hydrogen-bond donors (Lipinski definition) is 0. The first-order chi connectivity index (χ1) is 12.2. The maximum atomic E-state index is 12.3. The number of nitrogens with zero attached hydrogens (tertiary/aromatic N) is 2. The van der Waals surface area contributed by atoms with Crippen molar-refractivity contribution in [3.8, 4) is 5.75 Å². The van der Waals surface area contributed by atoms with Gasteiger partial charge in [0.05, 0.1) is 13.1 Å². The molecular weight excluding hydrogens is 352 g/mol. The number of aryl methyl sites for hydroxylation is 2. The van der Waals surface area contributed by atoms with Gasteiger partial charge < -0.3 is 9.30 Å². The highest BCUT2D eigenvalue weighted by molar-refractivity contribution is 7.92. The highest BCUT2D eigenvalue weighted by Gasteiger charge is 2.36. The summed E-state index contributed by atoms with van der Waals surface area (Å²) in [5.41, 5.74) is 2.60. The maximum absolute atomic E-state index is 12.3. The highest BCUT2D eigenvalue weighted by atomic mass is 32.2. The van der Waals surface area contributed by atoms with Crippen LogP contribution in [0.5, 0.6) is 5.75 Å². The van der Waals surface area contributed by atoms with E-state index in [1.165, 1.54) is 20.3 Å². The Bertz CT molecular complexity index is 985. The first-order valence-electron chi connectivity index (χ1n) is 8.34. The zero-order chi connectivity index (χ0) is 18.9. The minimum atomic E-state index is -3.47. The van der Waals surface area contributed by atoms with Gasteiger partial charge in [0, 0.05) is 24.2 Å². The quantitative estimate of drug-likeness (QED) is 0.803. The molecule has 0 atom stereocenters. The Labute approximate surface area is 153 Å². The van der Waals surface area contributed by atoms with Crippen LogP contribution in [0.25, 0.3) is 6.08 Å². The smallest absolute Gasteiger partial charge is 0.254 e. The van der Waals surface area contributed by atoms with Crippen molar-refractivity contribution in [3.05, 3.63) is 69.0 Å². The van der Waals surface area contributed by atoms with E-state index < -0.39 is 10.0 Å². The summed E-state index contributed by atoms with van der Waals surface area (Å²) in [4.78, 5) is 11.8. The maximum Gasteiger partial charge on any atom is 0.254 e. The summed E-state index contributed by atoms with van der Waals surface area (Å²) in [5, 5.41) is 1.22. The predicted molar refractivity (Wildman–Crippen MR) is 102 cm³/mol. The van der Waals surface area contributed by atoms with Crippen molar-refractivity contribution >= 4 is 16.1 Å². The van der Waals surface area contributed by atoms with Crippen molar-refractivity contribution in [2.45, 2.75) is 20.0 Å². The summed E-state index contributed by atoms with van der Waals surface area (Å²) in [6.07, 6.45) is 1.34. The van der Waals surface area contributed by atoms with Crippen LogP contribution in [0.1, 0.15) is 16.8 Å². The van der Waals surface area contributed by atoms with Crippen molar-refractivity contribution in [1.82, 2.24) is 8.87 Å². The van der Waals surface area contributed by atoms with E-state index in [1.54, 1.807) is 19.2 Å². The molecule has 0 spiro atoms. The van der Waals surface area contributed by atoms with E-state index in [9.17, 15) is 13.2 Å². The van der Waals surface area contributed by atoms with Gasteiger partial charge in [-0.25, -0.2) is 8.42 Å². The third-order valence-corrected chi connectivity index (χ3v) is 5.96. The SMILES string of the molecule is Cc1ccc(/C=C/S(=O)(=O)N2CC(Oc3cc(C)n(C)c(=O)c3)C2)cc1. The van der Waals surface area contributed by atoms with Gasteiger partial charge in [-0.05, 0) is 31.6 Å². The molecule has 0 bridgehead atoms. The lowest BCUT2D eigenvalue weighted by Gasteiger charge is -2.37. The molecule has 0 N–H and O–H groups in total. The van der Waals surface area contributed by atoms with Crippen LogP contribution in [0.15, 0.2) is 46.6 Å². The largest absolute Gasteiger partial charge is 0.487 e. The van der Waals surface area contributed by atoms with E-state index in [0.717, 1.165) is 16.8 Å². The van der Waals surface area contributed by atoms with Crippen LogP contribution < -0.4 is 10.3 Å². The normalized spacial score (nSPS) is 16.0. The molecule has 1 aliphatic heterocycles. The second kappa shape index (κ2) is 7.09. The topological polar surface area (TPSA) is 68.6 Å². The van der Waals surface area contributed by atoms with Crippen LogP contribution in [-0.4, -0.2) is 36.5 Å². The second-order valence-electron chi connectivity index (χ2n) is 6.54. The highest BCUT2D eigenvalue weighted by Crippen LogP contribution is 2.21. The second-order valence-corrected chi connectivity index (χ2v) is 8.36. The van der Waals surface area contributed by atoms with Gasteiger partial charge in [0.1, 0.15) is 11.9 Å². The molecule has 6 nitrogen and oxygen atoms in total. The molecule has 7 heteroatoms. The van der Waals surface area contributed by atoms with Crippen molar-refractivity contribution in [2.24, 2.45) is 7.05 Å². The van der Waals surface area contributed by atoms with E-state index in [0.29, 0.717) is 5.75 Å². The number of ether oxygens (including phenoxy) is 1. The fourth-order valence-corrected chi connectivity index (χ4v) is 3.86. The summed E-state index contributed by atoms with van der Waals surface area (Å²) in [6.45, 7) is 4.35. The van der Waals surface area contributed by atoms with E-state index in [-0.39, 0.29) is 24.8 Å². The van der Waals surface area contributed by atoms with Gasteiger partial charge in [-0.1, -0.05) is 29.8 Å². The van der Waals surface area contributed by atoms with Gasteiger partial charge in [-0.2, -0.15) is 4.31 Å². The molecule has 2 heterocycles. The molecule has 0 amide bonds. The molecule has 1 aromatic heterocycles. The van der Waals surface area contributed by atoms with Gasteiger partial charge in [0.25, 0.3) is 5.56 Å². The first-order valence-corrected chi connectivity index (χ1v) is 9.84. The monoisotopic (exact) mass is 374 g/mol. The molecule has 0 radical (unpaired) electrons. The molecule has 1 saturated heterocycles. The lowest BCUT2D eigenvalue weighted by molar-refractivity contribution is 0.0768. The number of hydrogen-bond acceptors (Lipinski definition) is 4. The number of benzene rings is 1. The Hall–Kier alpha value is -2.38. The summed E-state index contributed by atoms with van der Waals surface area (Å²) < 4.78 is 33.3. The zero-order valence-electron chi connectivity index (χ0n) is 15.0. The van der Waals surface area contributed by atoms with Crippen LogP contribution >= 0.6 is 0 Å². The lowest BCUT2D eigenvalue weighted by atomic mass is 10.2. The minimum Gasteiger partial charge on any atom is -0.487 e. The molecule has 0 saturated carbocycles. The van der Waals surface area contributed by atoms with E-state index >= 15 is 0 Å². The molecule has 3 rings (SSSR count). The Morgan fingerprint density at radius 1 is 1.12 bits per heavy atom. The Kier molecular flexibility index (Phi) is 5.02. The van der Waals surface area contributed by atoms with Gasteiger partial charge in [0.2, 0.25) is 10.0 Å². The summed E-state index contributed by atoms with van der Waals surface area (Å²) in [6, 6.07) is 10.8. The van der Waals surface area contributed by atoms with Crippen LogP contribution in [0, 0.1) is 13.8 Å². The third kappa shape index (κ3) is 4.05. The predicted octanol–water partition coefficient (Wildman–Crippen LogP) is 2.07. The first kappa shape index (κ1) is 18.4.